The number of rotatable bonds is 6. The van der Waals surface area contributed by atoms with Crippen LogP contribution >= 0.6 is 0 Å². The maximum Gasteiger partial charge on any atom is 0.218 e. The smallest absolute Gasteiger partial charge is 0.218 e. The molecule has 0 radical (unpaired) electrons. The molecule has 1 aliphatic heterocycles. The van der Waals surface area contributed by atoms with Gasteiger partial charge in [0.15, 0.2) is 0 Å². The Morgan fingerprint density at radius 1 is 1.38 bits per heavy atom. The maximum absolute atomic E-state index is 11.3. The number of carbonyl (C=O) groups excluding carboxylic acids is 1. The number of benzene rings is 1. The first kappa shape index (κ1) is 15.5. The molecular weight excluding hydrogens is 266 g/mol. The summed E-state index contributed by atoms with van der Waals surface area (Å²) in [7, 11) is 0. The zero-order valence-corrected chi connectivity index (χ0v) is 12.0. The molecule has 1 atom stereocenters. The van der Waals surface area contributed by atoms with Crippen LogP contribution in [0.1, 0.15) is 30.4 Å². The second-order valence-corrected chi connectivity index (χ2v) is 5.42. The molecule has 1 aromatic carbocycles. The Balaban J connectivity index is 1.93. The average Bonchev–Trinajstić information content (AvgIpc) is 2.52. The van der Waals surface area contributed by atoms with Crippen LogP contribution in [0.4, 0.5) is 0 Å². The first-order valence-corrected chi connectivity index (χ1v) is 7.27. The minimum absolute atomic E-state index is 0.0852. The Hall–Kier alpha value is -1.90. The molecule has 1 saturated heterocycles. The highest BCUT2D eigenvalue weighted by molar-refractivity contribution is 5.74. The number of nitrogens with zero attached hydrogens (tertiary/aromatic N) is 1. The van der Waals surface area contributed by atoms with Gasteiger partial charge in [-0.2, -0.15) is 5.26 Å². The second kappa shape index (κ2) is 7.77. The van der Waals surface area contributed by atoms with Crippen molar-refractivity contribution in [3.8, 4) is 6.07 Å². The summed E-state index contributed by atoms with van der Waals surface area (Å²) < 4.78 is 5.37. The van der Waals surface area contributed by atoms with Crippen molar-refractivity contribution < 1.29 is 9.53 Å². The zero-order valence-electron chi connectivity index (χ0n) is 12.0. The van der Waals surface area contributed by atoms with Crippen LogP contribution in [-0.2, 0) is 16.1 Å². The molecule has 0 saturated carbocycles. The molecule has 1 aliphatic rings. The van der Waals surface area contributed by atoms with Crippen LogP contribution in [-0.4, -0.2) is 25.2 Å². The van der Waals surface area contributed by atoms with Crippen LogP contribution < -0.4 is 11.1 Å². The van der Waals surface area contributed by atoms with Gasteiger partial charge in [0.25, 0.3) is 0 Å². The van der Waals surface area contributed by atoms with Crippen molar-refractivity contribution in [1.29, 1.82) is 5.26 Å². The Labute approximate surface area is 125 Å². The molecule has 112 valence electrons. The first-order valence-electron chi connectivity index (χ1n) is 7.27. The number of ether oxygens (including phenoxy) is 1. The monoisotopic (exact) mass is 287 g/mol. The van der Waals surface area contributed by atoms with Crippen LogP contribution in [0.25, 0.3) is 0 Å². The van der Waals surface area contributed by atoms with E-state index in [0.717, 1.165) is 31.6 Å². The Morgan fingerprint density at radius 3 is 2.62 bits per heavy atom. The van der Waals surface area contributed by atoms with E-state index in [1.54, 1.807) is 12.1 Å². The molecular formula is C16H21N3O2. The fraction of sp³-hybridized carbons (Fsp3) is 0.500. The highest BCUT2D eigenvalue weighted by Gasteiger charge is 2.25. The average molecular weight is 287 g/mol. The predicted molar refractivity (Wildman–Crippen MR) is 79.1 cm³/mol. The fourth-order valence-corrected chi connectivity index (χ4v) is 2.69. The molecule has 5 heteroatoms. The molecule has 1 heterocycles. The van der Waals surface area contributed by atoms with Gasteiger partial charge in [0, 0.05) is 32.2 Å². The number of nitrogens with one attached hydrogen (secondary N) is 1. The van der Waals surface area contributed by atoms with Gasteiger partial charge in [0.2, 0.25) is 5.91 Å². The van der Waals surface area contributed by atoms with E-state index in [0.29, 0.717) is 24.4 Å². The van der Waals surface area contributed by atoms with Crippen LogP contribution in [0.5, 0.6) is 0 Å². The van der Waals surface area contributed by atoms with Crippen LogP contribution in [0, 0.1) is 17.2 Å². The summed E-state index contributed by atoms with van der Waals surface area (Å²) in [5, 5.41) is 12.2. The highest BCUT2D eigenvalue weighted by Crippen LogP contribution is 2.21. The fourth-order valence-electron chi connectivity index (χ4n) is 2.69. The third-order valence-corrected chi connectivity index (χ3v) is 3.91. The summed E-state index contributed by atoms with van der Waals surface area (Å²) in [6, 6.07) is 9.64. The van der Waals surface area contributed by atoms with Crippen molar-refractivity contribution in [2.45, 2.75) is 31.8 Å². The summed E-state index contributed by atoms with van der Waals surface area (Å²) in [5.41, 5.74) is 7.10. The van der Waals surface area contributed by atoms with E-state index in [1.807, 2.05) is 12.1 Å². The largest absolute Gasteiger partial charge is 0.381 e. The van der Waals surface area contributed by atoms with Crippen molar-refractivity contribution in [2.75, 3.05) is 13.2 Å². The Kier molecular flexibility index (Phi) is 5.73. The molecule has 2 rings (SSSR count). The van der Waals surface area contributed by atoms with Gasteiger partial charge in [-0.05, 0) is 36.5 Å². The normalized spacial score (nSPS) is 17.1. The van der Waals surface area contributed by atoms with Crippen molar-refractivity contribution >= 4 is 5.91 Å². The predicted octanol–water partition coefficient (Wildman–Crippen LogP) is 1.32. The molecule has 1 unspecified atom stereocenters. The van der Waals surface area contributed by atoms with Crippen molar-refractivity contribution in [2.24, 2.45) is 11.7 Å². The van der Waals surface area contributed by atoms with Crippen LogP contribution in [0.15, 0.2) is 24.3 Å². The van der Waals surface area contributed by atoms with E-state index < -0.39 is 0 Å². The van der Waals surface area contributed by atoms with Crippen molar-refractivity contribution in [3.63, 3.8) is 0 Å². The van der Waals surface area contributed by atoms with Crippen molar-refractivity contribution in [3.05, 3.63) is 35.4 Å². The lowest BCUT2D eigenvalue weighted by Gasteiger charge is -2.30. The van der Waals surface area contributed by atoms with Crippen LogP contribution in [0.2, 0.25) is 0 Å². The van der Waals surface area contributed by atoms with E-state index >= 15 is 0 Å². The molecule has 1 fully saturated rings. The third kappa shape index (κ3) is 4.85. The van der Waals surface area contributed by atoms with Gasteiger partial charge in [-0.1, -0.05) is 12.1 Å². The molecule has 0 bridgehead atoms. The van der Waals surface area contributed by atoms with Gasteiger partial charge in [-0.15, -0.1) is 0 Å². The quantitative estimate of drug-likeness (QED) is 0.826. The van der Waals surface area contributed by atoms with Gasteiger partial charge in [0.05, 0.1) is 11.6 Å². The van der Waals surface area contributed by atoms with Gasteiger partial charge in [-0.25, -0.2) is 0 Å². The van der Waals surface area contributed by atoms with E-state index in [2.05, 4.69) is 11.4 Å². The molecule has 5 nitrogen and oxygen atoms in total. The summed E-state index contributed by atoms with van der Waals surface area (Å²) >= 11 is 0. The first-order chi connectivity index (χ1) is 10.2. The molecule has 0 aliphatic carbocycles. The zero-order chi connectivity index (χ0) is 15.1. The molecule has 1 amide bonds. The molecule has 1 aromatic rings. The van der Waals surface area contributed by atoms with Crippen LogP contribution in [0.3, 0.4) is 0 Å². The number of nitrogens with two attached hydrogens (primary N) is 1. The summed E-state index contributed by atoms with van der Waals surface area (Å²) in [6.07, 6.45) is 2.26. The second-order valence-electron chi connectivity index (χ2n) is 5.42. The molecule has 0 spiro atoms. The summed E-state index contributed by atoms with van der Waals surface area (Å²) in [6.45, 7) is 2.16. The van der Waals surface area contributed by atoms with E-state index in [9.17, 15) is 4.79 Å². The Bertz CT molecular complexity index is 501. The number of carbonyl (C=O) groups is 1. The SMILES string of the molecule is N#Cc1ccc(CNC(CC(N)=O)C2CCOCC2)cc1. The van der Waals surface area contributed by atoms with E-state index in [-0.39, 0.29) is 11.9 Å². The van der Waals surface area contributed by atoms with Gasteiger partial charge in [0.1, 0.15) is 0 Å². The van der Waals surface area contributed by atoms with Gasteiger partial charge >= 0.3 is 0 Å². The third-order valence-electron chi connectivity index (χ3n) is 3.91. The Morgan fingerprint density at radius 2 is 2.05 bits per heavy atom. The molecule has 3 N–H and O–H groups in total. The highest BCUT2D eigenvalue weighted by atomic mass is 16.5. The summed E-state index contributed by atoms with van der Waals surface area (Å²) in [5.74, 6) is 0.142. The maximum atomic E-state index is 11.3. The molecule has 21 heavy (non-hydrogen) atoms. The van der Waals surface area contributed by atoms with Gasteiger partial charge < -0.3 is 15.8 Å². The summed E-state index contributed by atoms with van der Waals surface area (Å²) in [4.78, 5) is 11.3. The number of nitriles is 1. The minimum Gasteiger partial charge on any atom is -0.381 e. The number of hydrogen-bond donors (Lipinski definition) is 2. The van der Waals surface area contributed by atoms with Gasteiger partial charge in [-0.3, -0.25) is 4.79 Å². The lowest BCUT2D eigenvalue weighted by molar-refractivity contribution is -0.119. The lowest BCUT2D eigenvalue weighted by Crippen LogP contribution is -2.41. The minimum atomic E-state index is -0.279. The molecule has 0 aromatic heterocycles. The standard InChI is InChI=1S/C16H21N3O2/c17-10-12-1-3-13(4-2-12)11-19-15(9-16(18)20)14-5-7-21-8-6-14/h1-4,14-15,19H,5-9,11H2,(H2,18,20). The van der Waals surface area contributed by atoms with Crippen molar-refractivity contribution in [1.82, 2.24) is 5.32 Å². The number of amides is 1. The topological polar surface area (TPSA) is 88.1 Å². The van der Waals surface area contributed by atoms with E-state index in [4.69, 9.17) is 15.7 Å². The number of primary amides is 1. The number of hydrogen-bond acceptors (Lipinski definition) is 4. The lowest BCUT2D eigenvalue weighted by atomic mass is 9.89. The van der Waals surface area contributed by atoms with E-state index in [1.165, 1.54) is 0 Å².